The Labute approximate surface area is 107 Å². The topological polar surface area (TPSA) is 9.23 Å². The quantitative estimate of drug-likeness (QED) is 0.744. The molecule has 0 aromatic heterocycles. The second kappa shape index (κ2) is 5.65. The molecule has 1 unspecified atom stereocenters. The minimum absolute atomic E-state index is 0.145. The SMILES string of the molecule is C[C]=C(CC1([SiH3])CCCCO1)c1ccccc1. The smallest absolute Gasteiger partial charge is 0.0525 e. The lowest BCUT2D eigenvalue weighted by molar-refractivity contribution is -0.0137. The summed E-state index contributed by atoms with van der Waals surface area (Å²) in [6.07, 6.45) is 8.14. The van der Waals surface area contributed by atoms with Crippen LogP contribution in [-0.2, 0) is 4.74 Å². The van der Waals surface area contributed by atoms with Gasteiger partial charge in [-0.2, -0.15) is 0 Å². The van der Waals surface area contributed by atoms with Crippen molar-refractivity contribution in [3.63, 3.8) is 0 Å². The minimum Gasteiger partial charge on any atom is -0.379 e. The Hall–Kier alpha value is -0.863. The summed E-state index contributed by atoms with van der Waals surface area (Å²) >= 11 is 0. The van der Waals surface area contributed by atoms with E-state index in [1.165, 1.54) is 30.4 Å². The molecule has 1 nitrogen and oxygen atoms in total. The van der Waals surface area contributed by atoms with Crippen LogP contribution >= 0.6 is 0 Å². The van der Waals surface area contributed by atoms with Crippen LogP contribution in [0.15, 0.2) is 30.3 Å². The standard InChI is InChI=1S/C15H21OSi/c1-2-13(14-8-4-3-5-9-14)12-15(17)10-6-7-11-16-15/h3-5,8-9H,6-7,10-12H2,1,17H3. The van der Waals surface area contributed by atoms with Crippen molar-refractivity contribution in [1.82, 2.24) is 0 Å². The second-order valence-corrected chi connectivity index (χ2v) is 6.85. The fourth-order valence-electron chi connectivity index (χ4n) is 2.48. The van der Waals surface area contributed by atoms with Gasteiger partial charge in [0.15, 0.2) is 0 Å². The molecule has 2 rings (SSSR count). The number of ether oxygens (including phenoxy) is 1. The minimum atomic E-state index is 0.145. The molecule has 91 valence electrons. The Morgan fingerprint density at radius 2 is 2.12 bits per heavy atom. The van der Waals surface area contributed by atoms with E-state index in [2.05, 4.69) is 36.4 Å². The van der Waals surface area contributed by atoms with Gasteiger partial charge >= 0.3 is 0 Å². The number of rotatable bonds is 3. The van der Waals surface area contributed by atoms with Crippen molar-refractivity contribution in [3.05, 3.63) is 42.0 Å². The zero-order valence-corrected chi connectivity index (χ0v) is 12.8. The molecule has 1 fully saturated rings. The molecule has 0 saturated carbocycles. The van der Waals surface area contributed by atoms with Gasteiger partial charge in [-0.3, -0.25) is 0 Å². The molecule has 1 saturated heterocycles. The molecule has 1 aromatic carbocycles. The lowest BCUT2D eigenvalue weighted by Gasteiger charge is -2.35. The highest BCUT2D eigenvalue weighted by molar-refractivity contribution is 6.15. The van der Waals surface area contributed by atoms with Crippen LogP contribution in [0.2, 0.25) is 0 Å². The van der Waals surface area contributed by atoms with Crippen LogP contribution in [0.5, 0.6) is 0 Å². The Morgan fingerprint density at radius 3 is 2.71 bits per heavy atom. The van der Waals surface area contributed by atoms with E-state index in [0.29, 0.717) is 0 Å². The van der Waals surface area contributed by atoms with Crippen LogP contribution < -0.4 is 0 Å². The van der Waals surface area contributed by atoms with Gasteiger partial charge in [0, 0.05) is 16.8 Å². The van der Waals surface area contributed by atoms with E-state index in [9.17, 15) is 0 Å². The summed E-state index contributed by atoms with van der Waals surface area (Å²) in [5.74, 6) is 0. The lowest BCUT2D eigenvalue weighted by Crippen LogP contribution is -2.37. The Morgan fingerprint density at radius 1 is 1.35 bits per heavy atom. The molecule has 0 aliphatic carbocycles. The molecule has 0 N–H and O–H groups in total. The average molecular weight is 245 g/mol. The first kappa shape index (κ1) is 12.6. The van der Waals surface area contributed by atoms with Gasteiger partial charge < -0.3 is 4.74 Å². The van der Waals surface area contributed by atoms with Gasteiger partial charge in [-0.05, 0) is 49.8 Å². The number of allylic oxidation sites excluding steroid dienone is 1. The summed E-state index contributed by atoms with van der Waals surface area (Å²) in [5.41, 5.74) is 2.60. The number of benzene rings is 1. The van der Waals surface area contributed by atoms with Crippen LogP contribution in [0.1, 0.15) is 38.2 Å². The molecule has 0 spiro atoms. The third-order valence-corrected chi connectivity index (χ3v) is 4.67. The molecule has 1 aliphatic heterocycles. The van der Waals surface area contributed by atoms with Crippen LogP contribution in [0.25, 0.3) is 5.57 Å². The van der Waals surface area contributed by atoms with Crippen molar-refractivity contribution in [2.75, 3.05) is 6.61 Å². The maximum Gasteiger partial charge on any atom is 0.0525 e. The molecule has 1 heterocycles. The Balaban J connectivity index is 2.10. The summed E-state index contributed by atoms with van der Waals surface area (Å²) < 4.78 is 6.02. The molecule has 1 radical (unpaired) electrons. The maximum absolute atomic E-state index is 6.02. The molecule has 17 heavy (non-hydrogen) atoms. The first-order chi connectivity index (χ1) is 8.23. The van der Waals surface area contributed by atoms with Gasteiger partial charge in [0.25, 0.3) is 0 Å². The van der Waals surface area contributed by atoms with Crippen molar-refractivity contribution >= 4 is 15.8 Å². The largest absolute Gasteiger partial charge is 0.379 e. The van der Waals surface area contributed by atoms with E-state index in [4.69, 9.17) is 4.74 Å². The van der Waals surface area contributed by atoms with E-state index >= 15 is 0 Å². The van der Waals surface area contributed by atoms with Crippen LogP contribution in [-0.4, -0.2) is 22.1 Å². The van der Waals surface area contributed by atoms with Gasteiger partial charge in [-0.15, -0.1) is 0 Å². The Kier molecular flexibility index (Phi) is 4.19. The fourth-order valence-corrected chi connectivity index (χ4v) is 3.39. The third kappa shape index (κ3) is 3.30. The summed E-state index contributed by atoms with van der Waals surface area (Å²) in [5, 5.41) is 0.145. The van der Waals surface area contributed by atoms with Crippen LogP contribution in [0.3, 0.4) is 0 Å². The third-order valence-electron chi connectivity index (χ3n) is 3.53. The molecule has 1 aliphatic rings. The van der Waals surface area contributed by atoms with Crippen molar-refractivity contribution in [1.29, 1.82) is 0 Å². The fraction of sp³-hybridized carbons (Fsp3) is 0.467. The zero-order valence-electron chi connectivity index (χ0n) is 10.8. The molecule has 1 atom stereocenters. The van der Waals surface area contributed by atoms with E-state index in [0.717, 1.165) is 23.3 Å². The molecule has 2 heteroatoms. The predicted molar refractivity (Wildman–Crippen MR) is 75.9 cm³/mol. The van der Waals surface area contributed by atoms with Crippen molar-refractivity contribution < 1.29 is 4.74 Å². The highest BCUT2D eigenvalue weighted by Gasteiger charge is 2.28. The predicted octanol–water partition coefficient (Wildman–Crippen LogP) is 2.55. The van der Waals surface area contributed by atoms with Gasteiger partial charge in [0.1, 0.15) is 0 Å². The number of hydrogen-bond acceptors (Lipinski definition) is 1. The summed E-state index contributed by atoms with van der Waals surface area (Å²) in [6.45, 7) is 2.95. The van der Waals surface area contributed by atoms with E-state index in [1.807, 2.05) is 6.92 Å². The number of hydrogen-bond donors (Lipinski definition) is 0. The first-order valence-electron chi connectivity index (χ1n) is 6.46. The summed E-state index contributed by atoms with van der Waals surface area (Å²) in [6, 6.07) is 10.6. The van der Waals surface area contributed by atoms with Crippen LogP contribution in [0, 0.1) is 6.08 Å². The molecular weight excluding hydrogens is 224 g/mol. The van der Waals surface area contributed by atoms with Gasteiger partial charge in [-0.1, -0.05) is 30.3 Å². The normalized spacial score (nSPS) is 26.1. The van der Waals surface area contributed by atoms with Crippen molar-refractivity contribution in [2.45, 2.75) is 37.8 Å². The maximum atomic E-state index is 6.02. The van der Waals surface area contributed by atoms with Crippen molar-refractivity contribution in [2.24, 2.45) is 0 Å². The summed E-state index contributed by atoms with van der Waals surface area (Å²) in [7, 11) is 1.10. The average Bonchev–Trinajstić information content (AvgIpc) is 2.38. The Bertz CT molecular complexity index is 377. The van der Waals surface area contributed by atoms with E-state index < -0.39 is 0 Å². The van der Waals surface area contributed by atoms with E-state index in [1.54, 1.807) is 0 Å². The highest BCUT2D eigenvalue weighted by Crippen LogP contribution is 2.31. The van der Waals surface area contributed by atoms with E-state index in [-0.39, 0.29) is 5.22 Å². The summed E-state index contributed by atoms with van der Waals surface area (Å²) in [4.78, 5) is 0. The highest BCUT2D eigenvalue weighted by atomic mass is 28.1. The molecule has 0 amide bonds. The van der Waals surface area contributed by atoms with Crippen molar-refractivity contribution in [3.8, 4) is 0 Å². The monoisotopic (exact) mass is 245 g/mol. The molecule has 1 aromatic rings. The lowest BCUT2D eigenvalue weighted by atomic mass is 9.95. The van der Waals surface area contributed by atoms with Gasteiger partial charge in [0.2, 0.25) is 0 Å². The van der Waals surface area contributed by atoms with Gasteiger partial charge in [-0.25, -0.2) is 0 Å². The second-order valence-electron chi connectivity index (χ2n) is 5.03. The van der Waals surface area contributed by atoms with Crippen LogP contribution in [0.4, 0.5) is 0 Å². The zero-order chi connectivity index (χ0) is 12.1. The first-order valence-corrected chi connectivity index (χ1v) is 7.46. The van der Waals surface area contributed by atoms with Gasteiger partial charge in [0.05, 0.1) is 5.22 Å². The molecule has 0 bridgehead atoms. The molecular formula is C15H21OSi.